The van der Waals surface area contributed by atoms with Crippen LogP contribution in [0.2, 0.25) is 0 Å². The highest BCUT2D eigenvalue weighted by molar-refractivity contribution is 7.15. The van der Waals surface area contributed by atoms with Gasteiger partial charge in [0.25, 0.3) is 5.91 Å². The molecule has 164 valence electrons. The average Bonchev–Trinajstić information content (AvgIpc) is 3.23. The molecule has 2 aliphatic rings. The second-order valence-electron chi connectivity index (χ2n) is 7.85. The zero-order chi connectivity index (χ0) is 22.1. The number of thiazole rings is 1. The van der Waals surface area contributed by atoms with E-state index in [2.05, 4.69) is 4.98 Å². The molecule has 31 heavy (non-hydrogen) atoms. The maximum atomic E-state index is 14.2. The summed E-state index contributed by atoms with van der Waals surface area (Å²) >= 11 is 7.16. The molecule has 2 aromatic heterocycles. The predicted molar refractivity (Wildman–Crippen MR) is 119 cm³/mol. The van der Waals surface area contributed by atoms with Crippen molar-refractivity contribution in [1.82, 2.24) is 14.5 Å². The minimum Gasteiger partial charge on any atom is -0.503 e. The van der Waals surface area contributed by atoms with Gasteiger partial charge in [-0.2, -0.15) is 0 Å². The molecule has 1 saturated heterocycles. The zero-order valence-electron chi connectivity index (χ0n) is 17.2. The number of aromatic nitrogens is 2. The summed E-state index contributed by atoms with van der Waals surface area (Å²) in [7, 11) is 1.63. The molecule has 6 nitrogen and oxygen atoms in total. The Hall–Kier alpha value is -2.45. The van der Waals surface area contributed by atoms with Crippen LogP contribution in [-0.2, 0) is 13.5 Å². The molecule has 0 saturated carbocycles. The second kappa shape index (κ2) is 8.96. The van der Waals surface area contributed by atoms with Crippen LogP contribution in [0.15, 0.2) is 39.7 Å². The second-order valence-corrected chi connectivity index (χ2v) is 9.37. The highest BCUT2D eigenvalue weighted by Gasteiger charge is 2.26. The third kappa shape index (κ3) is 4.32. The molecule has 1 aliphatic carbocycles. The standard InChI is InChI=1S/C22H23ClFN3O3S/c1-26-12-15(19(28)20(29)18(26)22(30)27-8-3-2-4-9-27)21-25-11-14(31-21)10-13-6-5-7-16(23)17(13)24/h7,11-12,29H,2-6,8-10H2,1H3. The van der Waals surface area contributed by atoms with E-state index in [-0.39, 0.29) is 22.2 Å². The Labute approximate surface area is 188 Å². The first-order chi connectivity index (χ1) is 14.9. The summed E-state index contributed by atoms with van der Waals surface area (Å²) in [5.74, 6) is -1.30. The van der Waals surface area contributed by atoms with Crippen molar-refractivity contribution in [3.8, 4) is 16.3 Å². The van der Waals surface area contributed by atoms with E-state index < -0.39 is 17.0 Å². The van der Waals surface area contributed by atoms with Crippen LogP contribution >= 0.6 is 22.9 Å². The summed E-state index contributed by atoms with van der Waals surface area (Å²) in [6.07, 6.45) is 9.35. The quantitative estimate of drug-likeness (QED) is 0.723. The molecule has 0 aromatic carbocycles. The molecular weight excluding hydrogens is 441 g/mol. The Bertz CT molecular complexity index is 1150. The number of allylic oxidation sites excluding steroid dienone is 4. The number of hydrogen-bond acceptors (Lipinski definition) is 5. The van der Waals surface area contributed by atoms with Crippen molar-refractivity contribution in [2.24, 2.45) is 7.05 Å². The Morgan fingerprint density at radius 3 is 2.81 bits per heavy atom. The third-order valence-electron chi connectivity index (χ3n) is 5.67. The maximum absolute atomic E-state index is 14.2. The van der Waals surface area contributed by atoms with Crippen molar-refractivity contribution in [2.45, 2.75) is 38.5 Å². The summed E-state index contributed by atoms with van der Waals surface area (Å²) < 4.78 is 15.7. The molecule has 2 aromatic rings. The minimum atomic E-state index is -0.631. The van der Waals surface area contributed by atoms with Gasteiger partial charge in [0.1, 0.15) is 10.8 Å². The lowest BCUT2D eigenvalue weighted by Crippen LogP contribution is -2.37. The molecule has 0 bridgehead atoms. The van der Waals surface area contributed by atoms with E-state index in [4.69, 9.17) is 11.6 Å². The highest BCUT2D eigenvalue weighted by atomic mass is 35.5. The van der Waals surface area contributed by atoms with Crippen LogP contribution in [-0.4, -0.2) is 38.6 Å². The smallest absolute Gasteiger partial charge is 0.274 e. The highest BCUT2D eigenvalue weighted by Crippen LogP contribution is 2.33. The van der Waals surface area contributed by atoms with Gasteiger partial charge in [-0.05, 0) is 37.7 Å². The van der Waals surface area contributed by atoms with Crippen molar-refractivity contribution >= 4 is 28.8 Å². The lowest BCUT2D eigenvalue weighted by Gasteiger charge is -2.27. The molecule has 0 spiro atoms. The minimum absolute atomic E-state index is 0.0108. The molecule has 1 aliphatic heterocycles. The number of nitrogens with zero attached hydrogens (tertiary/aromatic N) is 3. The average molecular weight is 464 g/mol. The Kier molecular flexibility index (Phi) is 6.29. The van der Waals surface area contributed by atoms with Crippen LogP contribution in [0.4, 0.5) is 4.39 Å². The number of hydrogen-bond donors (Lipinski definition) is 1. The van der Waals surface area contributed by atoms with Crippen molar-refractivity contribution in [2.75, 3.05) is 13.1 Å². The van der Waals surface area contributed by atoms with Crippen molar-refractivity contribution in [1.29, 1.82) is 0 Å². The van der Waals surface area contributed by atoms with Crippen LogP contribution in [0.25, 0.3) is 10.6 Å². The number of carbonyl (C=O) groups is 1. The molecule has 0 atom stereocenters. The van der Waals surface area contributed by atoms with Gasteiger partial charge >= 0.3 is 0 Å². The van der Waals surface area contributed by atoms with Crippen LogP contribution in [0.3, 0.4) is 0 Å². The van der Waals surface area contributed by atoms with Crippen molar-refractivity contribution in [3.05, 3.63) is 55.7 Å². The van der Waals surface area contributed by atoms with E-state index in [9.17, 15) is 19.1 Å². The van der Waals surface area contributed by atoms with Crippen LogP contribution < -0.4 is 5.43 Å². The van der Waals surface area contributed by atoms with Gasteiger partial charge in [0.05, 0.1) is 10.6 Å². The monoisotopic (exact) mass is 463 g/mol. The predicted octanol–water partition coefficient (Wildman–Crippen LogP) is 4.52. The summed E-state index contributed by atoms with van der Waals surface area (Å²) in [6, 6.07) is 0. The topological polar surface area (TPSA) is 75.4 Å². The first-order valence-corrected chi connectivity index (χ1v) is 11.5. The Balaban J connectivity index is 1.63. The maximum Gasteiger partial charge on any atom is 0.274 e. The summed E-state index contributed by atoms with van der Waals surface area (Å²) in [4.78, 5) is 32.5. The van der Waals surface area contributed by atoms with Crippen LogP contribution in [0, 0.1) is 0 Å². The van der Waals surface area contributed by atoms with E-state index in [0.29, 0.717) is 42.9 Å². The summed E-state index contributed by atoms with van der Waals surface area (Å²) in [5.41, 5.74) is 0.181. The number of amides is 1. The molecule has 1 amide bonds. The normalized spacial score (nSPS) is 17.1. The van der Waals surface area contributed by atoms with E-state index in [1.54, 1.807) is 24.2 Å². The number of piperidine rings is 1. The van der Waals surface area contributed by atoms with Crippen LogP contribution in [0.5, 0.6) is 5.75 Å². The zero-order valence-corrected chi connectivity index (χ0v) is 18.7. The number of carbonyl (C=O) groups excluding carboxylic acids is 1. The van der Waals surface area contributed by atoms with Gasteiger partial charge in [0, 0.05) is 43.8 Å². The van der Waals surface area contributed by atoms with E-state index in [1.165, 1.54) is 22.1 Å². The van der Waals surface area contributed by atoms with Gasteiger partial charge in [-0.3, -0.25) is 9.59 Å². The van der Waals surface area contributed by atoms with Gasteiger partial charge < -0.3 is 14.6 Å². The van der Waals surface area contributed by atoms with E-state index in [1.807, 2.05) is 0 Å². The Morgan fingerprint density at radius 1 is 1.32 bits per heavy atom. The van der Waals surface area contributed by atoms with E-state index in [0.717, 1.165) is 24.1 Å². The van der Waals surface area contributed by atoms with Crippen molar-refractivity contribution in [3.63, 3.8) is 0 Å². The molecule has 1 N–H and O–H groups in total. The molecule has 3 heterocycles. The lowest BCUT2D eigenvalue weighted by molar-refractivity contribution is 0.0710. The fourth-order valence-electron chi connectivity index (χ4n) is 4.00. The molecule has 1 fully saturated rings. The number of pyridine rings is 1. The van der Waals surface area contributed by atoms with Gasteiger partial charge in [-0.25, -0.2) is 9.37 Å². The molecule has 4 rings (SSSR count). The first kappa shape index (κ1) is 21.8. The number of aromatic hydroxyl groups is 1. The van der Waals surface area contributed by atoms with Gasteiger partial charge in [-0.1, -0.05) is 17.7 Å². The lowest BCUT2D eigenvalue weighted by atomic mass is 10.0. The number of aryl methyl sites for hydroxylation is 1. The SMILES string of the molecule is Cn1cc(-c2ncc(CC3=C(F)C(Cl)=CCC3)s2)c(=O)c(O)c1C(=O)N1CCCCC1. The number of halogens is 2. The number of likely N-dealkylation sites (tertiary alicyclic amines) is 1. The molecular formula is C22H23ClFN3O3S. The molecule has 0 radical (unpaired) electrons. The largest absolute Gasteiger partial charge is 0.503 e. The van der Waals surface area contributed by atoms with Gasteiger partial charge in [0.15, 0.2) is 11.4 Å². The molecule has 0 unspecified atom stereocenters. The van der Waals surface area contributed by atoms with Crippen LogP contribution in [0.1, 0.15) is 47.5 Å². The fourth-order valence-corrected chi connectivity index (χ4v) is 5.21. The summed E-state index contributed by atoms with van der Waals surface area (Å²) in [6.45, 7) is 1.24. The van der Waals surface area contributed by atoms with E-state index >= 15 is 0 Å². The third-order valence-corrected chi connectivity index (χ3v) is 7.02. The van der Waals surface area contributed by atoms with Crippen molar-refractivity contribution < 1.29 is 14.3 Å². The fraction of sp³-hybridized carbons (Fsp3) is 0.409. The Morgan fingerprint density at radius 2 is 2.06 bits per heavy atom. The first-order valence-electron chi connectivity index (χ1n) is 10.3. The molecule has 9 heteroatoms. The summed E-state index contributed by atoms with van der Waals surface area (Å²) in [5, 5.41) is 11.1. The number of rotatable bonds is 4. The van der Waals surface area contributed by atoms with Gasteiger partial charge in [0.2, 0.25) is 5.43 Å². The van der Waals surface area contributed by atoms with Gasteiger partial charge in [-0.15, -0.1) is 11.3 Å².